The minimum atomic E-state index is -3.47. The van der Waals surface area contributed by atoms with E-state index in [1.165, 1.54) is 12.1 Å². The van der Waals surface area contributed by atoms with Crippen LogP contribution >= 0.6 is 0 Å². The van der Waals surface area contributed by atoms with Gasteiger partial charge >= 0.3 is 0 Å². The summed E-state index contributed by atoms with van der Waals surface area (Å²) in [5, 5.41) is 0. The molecular weight excluding hydrogens is 246 g/mol. The van der Waals surface area contributed by atoms with Crippen molar-refractivity contribution in [3.05, 3.63) is 60.7 Å². The van der Waals surface area contributed by atoms with Gasteiger partial charge in [0.15, 0.2) is 0 Å². The Morgan fingerprint density at radius 3 is 1.78 bits per heavy atom. The second kappa shape index (κ2) is 4.66. The van der Waals surface area contributed by atoms with Crippen molar-refractivity contribution in [1.82, 2.24) is 0 Å². The molecule has 0 radical (unpaired) electrons. The molecule has 18 heavy (non-hydrogen) atoms. The summed E-state index contributed by atoms with van der Waals surface area (Å²) >= 11 is 0. The molecule has 2 rings (SSSR count). The molecule has 0 fully saturated rings. The highest BCUT2D eigenvalue weighted by Gasteiger charge is 2.16. The quantitative estimate of drug-likeness (QED) is 0.862. The van der Waals surface area contributed by atoms with Gasteiger partial charge in [-0.15, -0.1) is 0 Å². The van der Waals surface area contributed by atoms with Crippen LogP contribution in [-0.2, 0) is 9.84 Å². The average molecular weight is 259 g/mol. The number of nitrogens with two attached hydrogens (primary N) is 1. The Kier molecular flexibility index (Phi) is 3.21. The lowest BCUT2D eigenvalue weighted by Crippen LogP contribution is -2.02. The molecule has 4 heteroatoms. The van der Waals surface area contributed by atoms with Crippen LogP contribution in [0.5, 0.6) is 0 Å². The maximum absolute atomic E-state index is 12.3. The van der Waals surface area contributed by atoms with E-state index in [0.717, 1.165) is 5.56 Å². The minimum Gasteiger partial charge on any atom is -0.399 e. The van der Waals surface area contributed by atoms with Gasteiger partial charge in [-0.25, -0.2) is 8.42 Å². The third-order valence-electron chi connectivity index (χ3n) is 2.62. The van der Waals surface area contributed by atoms with Gasteiger partial charge < -0.3 is 5.73 Å². The van der Waals surface area contributed by atoms with E-state index in [-0.39, 0.29) is 9.79 Å². The third-order valence-corrected chi connectivity index (χ3v) is 4.40. The van der Waals surface area contributed by atoms with E-state index in [0.29, 0.717) is 5.69 Å². The Bertz CT molecular complexity index is 656. The first-order chi connectivity index (χ1) is 8.54. The molecule has 0 heterocycles. The van der Waals surface area contributed by atoms with Crippen LogP contribution in [-0.4, -0.2) is 8.42 Å². The first-order valence-corrected chi connectivity index (χ1v) is 6.85. The second-order valence-electron chi connectivity index (χ2n) is 3.85. The van der Waals surface area contributed by atoms with Gasteiger partial charge in [0.25, 0.3) is 0 Å². The lowest BCUT2D eigenvalue weighted by molar-refractivity contribution is 0.596. The number of nitrogen functional groups attached to an aromatic ring is 1. The van der Waals surface area contributed by atoms with Crippen LogP contribution in [0, 0.1) is 0 Å². The predicted octanol–water partition coefficient (Wildman–Crippen LogP) is 2.74. The number of hydrogen-bond acceptors (Lipinski definition) is 3. The summed E-state index contributed by atoms with van der Waals surface area (Å²) in [6.07, 6.45) is 1.67. The molecule has 0 unspecified atom stereocenters. The predicted molar refractivity (Wildman–Crippen MR) is 72.8 cm³/mol. The monoisotopic (exact) mass is 259 g/mol. The topological polar surface area (TPSA) is 60.2 Å². The van der Waals surface area contributed by atoms with Gasteiger partial charge in [0.2, 0.25) is 9.84 Å². The molecule has 2 N–H and O–H groups in total. The Morgan fingerprint density at radius 1 is 0.889 bits per heavy atom. The van der Waals surface area contributed by atoms with Crippen LogP contribution in [0.1, 0.15) is 5.56 Å². The lowest BCUT2D eigenvalue weighted by atomic mass is 10.2. The van der Waals surface area contributed by atoms with E-state index in [4.69, 9.17) is 5.73 Å². The number of anilines is 1. The van der Waals surface area contributed by atoms with Gasteiger partial charge in [0.1, 0.15) is 0 Å². The zero-order chi connectivity index (χ0) is 13.2. The molecule has 2 aromatic carbocycles. The Morgan fingerprint density at radius 2 is 1.33 bits per heavy atom. The standard InChI is InChI=1S/C14H13NO2S/c1-2-11-3-7-13(8-4-11)18(16,17)14-9-5-12(15)6-10-14/h2-10H,1,15H2. The van der Waals surface area contributed by atoms with E-state index in [1.54, 1.807) is 42.5 Å². The minimum absolute atomic E-state index is 0.239. The summed E-state index contributed by atoms with van der Waals surface area (Å²) in [7, 11) is -3.47. The zero-order valence-corrected chi connectivity index (χ0v) is 10.5. The van der Waals surface area contributed by atoms with E-state index < -0.39 is 9.84 Å². The fourth-order valence-electron chi connectivity index (χ4n) is 1.57. The van der Waals surface area contributed by atoms with Crippen LogP contribution in [0.25, 0.3) is 6.08 Å². The molecule has 3 nitrogen and oxygen atoms in total. The summed E-state index contributed by atoms with van der Waals surface area (Å²) in [5.74, 6) is 0. The number of rotatable bonds is 3. The summed E-state index contributed by atoms with van der Waals surface area (Å²) in [4.78, 5) is 0.501. The van der Waals surface area contributed by atoms with Crippen LogP contribution in [0.4, 0.5) is 5.69 Å². The first kappa shape index (κ1) is 12.4. The van der Waals surface area contributed by atoms with Crippen LogP contribution in [0.2, 0.25) is 0 Å². The van der Waals surface area contributed by atoms with Crippen molar-refractivity contribution in [2.24, 2.45) is 0 Å². The number of sulfone groups is 1. The molecule has 0 aromatic heterocycles. The van der Waals surface area contributed by atoms with Gasteiger partial charge in [-0.2, -0.15) is 0 Å². The summed E-state index contributed by atoms with van der Waals surface area (Å²) in [5.41, 5.74) is 6.96. The van der Waals surface area contributed by atoms with Crippen molar-refractivity contribution in [2.45, 2.75) is 9.79 Å². The molecule has 92 valence electrons. The molecule has 0 aliphatic carbocycles. The molecule has 0 saturated carbocycles. The highest BCUT2D eigenvalue weighted by atomic mass is 32.2. The molecule has 0 atom stereocenters. The fourth-order valence-corrected chi connectivity index (χ4v) is 2.83. The molecule has 0 aliphatic rings. The van der Waals surface area contributed by atoms with Gasteiger partial charge in [0, 0.05) is 5.69 Å². The summed E-state index contributed by atoms with van der Waals surface area (Å²) in [6.45, 7) is 3.63. The molecule has 0 amide bonds. The molecule has 0 saturated heterocycles. The van der Waals surface area contributed by atoms with E-state index in [9.17, 15) is 8.42 Å². The van der Waals surface area contributed by atoms with E-state index in [2.05, 4.69) is 6.58 Å². The van der Waals surface area contributed by atoms with Crippen molar-refractivity contribution < 1.29 is 8.42 Å². The first-order valence-electron chi connectivity index (χ1n) is 5.37. The molecular formula is C14H13NO2S. The molecule has 0 aliphatic heterocycles. The fraction of sp³-hybridized carbons (Fsp3) is 0. The SMILES string of the molecule is C=Cc1ccc(S(=O)(=O)c2ccc(N)cc2)cc1. The molecule has 0 spiro atoms. The Balaban J connectivity index is 2.47. The van der Waals surface area contributed by atoms with Gasteiger partial charge in [-0.3, -0.25) is 0 Å². The summed E-state index contributed by atoms with van der Waals surface area (Å²) in [6, 6.07) is 12.7. The summed E-state index contributed by atoms with van der Waals surface area (Å²) < 4.78 is 24.6. The van der Waals surface area contributed by atoms with Crippen molar-refractivity contribution in [3.8, 4) is 0 Å². The van der Waals surface area contributed by atoms with Gasteiger partial charge in [-0.1, -0.05) is 24.8 Å². The highest BCUT2D eigenvalue weighted by Crippen LogP contribution is 2.22. The highest BCUT2D eigenvalue weighted by molar-refractivity contribution is 7.91. The largest absolute Gasteiger partial charge is 0.399 e. The lowest BCUT2D eigenvalue weighted by Gasteiger charge is -2.05. The normalized spacial score (nSPS) is 11.1. The van der Waals surface area contributed by atoms with Gasteiger partial charge in [0.05, 0.1) is 9.79 Å². The maximum atomic E-state index is 12.3. The maximum Gasteiger partial charge on any atom is 0.206 e. The van der Waals surface area contributed by atoms with Gasteiger partial charge in [-0.05, 0) is 42.0 Å². The second-order valence-corrected chi connectivity index (χ2v) is 5.80. The Labute approximate surface area is 106 Å². The number of hydrogen-bond donors (Lipinski definition) is 1. The van der Waals surface area contributed by atoms with Crippen LogP contribution in [0.15, 0.2) is 64.9 Å². The number of benzene rings is 2. The van der Waals surface area contributed by atoms with Crippen LogP contribution < -0.4 is 5.73 Å². The van der Waals surface area contributed by atoms with Crippen molar-refractivity contribution >= 4 is 21.6 Å². The Hall–Kier alpha value is -2.07. The average Bonchev–Trinajstić information content (AvgIpc) is 2.39. The third kappa shape index (κ3) is 2.28. The molecule has 2 aromatic rings. The van der Waals surface area contributed by atoms with Crippen LogP contribution in [0.3, 0.4) is 0 Å². The molecule has 0 bridgehead atoms. The van der Waals surface area contributed by atoms with E-state index >= 15 is 0 Å². The zero-order valence-electron chi connectivity index (χ0n) is 9.71. The van der Waals surface area contributed by atoms with Crippen molar-refractivity contribution in [1.29, 1.82) is 0 Å². The van der Waals surface area contributed by atoms with E-state index in [1.807, 2.05) is 0 Å². The smallest absolute Gasteiger partial charge is 0.206 e. The van der Waals surface area contributed by atoms with Crippen molar-refractivity contribution in [3.63, 3.8) is 0 Å². The van der Waals surface area contributed by atoms with Crippen molar-refractivity contribution in [2.75, 3.05) is 5.73 Å².